The first-order valence-electron chi connectivity index (χ1n) is 8.30. The van der Waals surface area contributed by atoms with Crippen LogP contribution in [0.4, 0.5) is 0 Å². The summed E-state index contributed by atoms with van der Waals surface area (Å²) in [6, 6.07) is 0. The average molecular weight is 337 g/mol. The Labute approximate surface area is 135 Å². The molecule has 0 saturated carbocycles. The second-order valence-electron chi connectivity index (χ2n) is 5.44. The van der Waals surface area contributed by atoms with Gasteiger partial charge in [0.15, 0.2) is 5.91 Å². The Morgan fingerprint density at radius 1 is 1.14 bits per heavy atom. The van der Waals surface area contributed by atoms with Crippen LogP contribution in [0.3, 0.4) is 0 Å². The van der Waals surface area contributed by atoms with E-state index >= 15 is 0 Å². The fourth-order valence-corrected chi connectivity index (χ4v) is 4.93. The first kappa shape index (κ1) is 20.0. The van der Waals surface area contributed by atoms with Gasteiger partial charge in [0.05, 0.1) is 13.2 Å². The molecule has 1 aliphatic heterocycles. The summed E-state index contributed by atoms with van der Waals surface area (Å²) in [4.78, 5) is 0. The summed E-state index contributed by atoms with van der Waals surface area (Å²) in [5, 5.41) is 0. The van der Waals surface area contributed by atoms with Crippen LogP contribution in [0.25, 0.3) is 0 Å². The molecule has 0 aliphatic carbocycles. The highest BCUT2D eigenvalue weighted by Gasteiger charge is 2.44. The molecule has 6 nitrogen and oxygen atoms in total. The Morgan fingerprint density at radius 3 is 2.27 bits per heavy atom. The maximum Gasteiger partial charge on any atom is 0.393 e. The number of rotatable bonds is 14. The summed E-state index contributed by atoms with van der Waals surface area (Å²) < 4.78 is 34.2. The van der Waals surface area contributed by atoms with E-state index < -0.39 is 14.5 Å². The van der Waals surface area contributed by atoms with Crippen LogP contribution in [0.5, 0.6) is 0 Å². The Kier molecular flexibility index (Phi) is 9.73. The minimum atomic E-state index is -2.58. The molecule has 0 aromatic carbocycles. The third kappa shape index (κ3) is 7.50. The molecule has 1 aliphatic rings. The normalized spacial score (nSPS) is 21.8. The topological polar surface area (TPSA) is 58.7 Å². The molecule has 1 saturated heterocycles. The zero-order valence-electron chi connectivity index (χ0n) is 14.6. The summed E-state index contributed by atoms with van der Waals surface area (Å²) in [5.74, 6) is -0.411. The van der Waals surface area contributed by atoms with Crippen molar-refractivity contribution in [1.82, 2.24) is 0 Å². The first-order valence-corrected chi connectivity index (χ1v) is 10.7. The molecular weight excluding hydrogens is 304 g/mol. The van der Waals surface area contributed by atoms with Crippen molar-refractivity contribution in [2.24, 2.45) is 0 Å². The summed E-state index contributed by atoms with van der Waals surface area (Å²) in [6.45, 7) is 13.8. The van der Waals surface area contributed by atoms with Gasteiger partial charge in [-0.1, -0.05) is 0 Å². The van der Waals surface area contributed by atoms with E-state index in [2.05, 4.69) is 0 Å². The molecule has 22 heavy (non-hydrogen) atoms. The molecule has 0 spiro atoms. The minimum absolute atomic E-state index is 0.0340. The summed E-state index contributed by atoms with van der Waals surface area (Å²) in [5.41, 5.74) is 0. The Balaban J connectivity index is 2.43. The van der Waals surface area contributed by atoms with Crippen LogP contribution in [-0.4, -0.2) is 66.3 Å². The number of epoxide rings is 1. The van der Waals surface area contributed by atoms with Gasteiger partial charge >= 0.3 is 8.56 Å². The molecule has 7 heteroatoms. The molecule has 1 rings (SSSR count). The van der Waals surface area contributed by atoms with E-state index in [1.54, 1.807) is 0 Å². The molecule has 0 radical (unpaired) electrons. The van der Waals surface area contributed by atoms with Gasteiger partial charge in [0, 0.05) is 32.5 Å². The fraction of sp³-hybridized carbons (Fsp3) is 1.00. The van der Waals surface area contributed by atoms with E-state index in [4.69, 9.17) is 27.8 Å². The number of ether oxygens (including phenoxy) is 4. The second-order valence-corrected chi connectivity index (χ2v) is 8.47. The summed E-state index contributed by atoms with van der Waals surface area (Å²) in [7, 11) is -2.58. The van der Waals surface area contributed by atoms with E-state index in [9.17, 15) is 0 Å². The van der Waals surface area contributed by atoms with Gasteiger partial charge in [-0.3, -0.25) is 0 Å². The van der Waals surface area contributed by atoms with Gasteiger partial charge in [-0.25, -0.2) is 0 Å². The minimum Gasteiger partial charge on any atom is -0.392 e. The highest BCUT2D eigenvalue weighted by molar-refractivity contribution is 6.67. The third-order valence-corrected chi connectivity index (χ3v) is 6.23. The van der Waals surface area contributed by atoms with Gasteiger partial charge in [-0.2, -0.15) is 0 Å². The van der Waals surface area contributed by atoms with Crippen LogP contribution in [0.2, 0.25) is 6.55 Å². The van der Waals surface area contributed by atoms with Gasteiger partial charge in [0.2, 0.25) is 0 Å². The second kappa shape index (κ2) is 10.7. The molecule has 0 aromatic heterocycles. The van der Waals surface area contributed by atoms with Gasteiger partial charge in [0.1, 0.15) is 6.10 Å². The van der Waals surface area contributed by atoms with Gasteiger partial charge in [-0.15, -0.1) is 0 Å². The lowest BCUT2D eigenvalue weighted by Crippen LogP contribution is -2.55. The Morgan fingerprint density at radius 2 is 1.77 bits per heavy atom. The predicted molar refractivity (Wildman–Crippen MR) is 86.0 cm³/mol. The molecular formula is C15H32O6Si. The number of hydrogen-bond donors (Lipinski definition) is 0. The zero-order valence-corrected chi connectivity index (χ0v) is 15.6. The van der Waals surface area contributed by atoms with Crippen molar-refractivity contribution in [3.8, 4) is 0 Å². The highest BCUT2D eigenvalue weighted by atomic mass is 28.4. The van der Waals surface area contributed by atoms with Crippen LogP contribution >= 0.6 is 0 Å². The summed E-state index contributed by atoms with van der Waals surface area (Å²) >= 11 is 0. The molecule has 0 bridgehead atoms. The van der Waals surface area contributed by atoms with E-state index in [1.807, 2.05) is 34.2 Å². The van der Waals surface area contributed by atoms with Gasteiger partial charge < -0.3 is 27.8 Å². The molecule has 3 atom stereocenters. The lowest BCUT2D eigenvalue weighted by Gasteiger charge is -2.35. The van der Waals surface area contributed by atoms with E-state index in [1.165, 1.54) is 0 Å². The van der Waals surface area contributed by atoms with Crippen molar-refractivity contribution < 1.29 is 27.8 Å². The maximum atomic E-state index is 6.22. The van der Waals surface area contributed by atoms with Crippen molar-refractivity contribution in [3.05, 3.63) is 0 Å². The molecule has 1 heterocycles. The van der Waals surface area contributed by atoms with Crippen molar-refractivity contribution in [2.45, 2.75) is 58.8 Å². The Bertz CT molecular complexity index is 283. The third-order valence-electron chi connectivity index (χ3n) is 3.31. The van der Waals surface area contributed by atoms with Crippen LogP contribution in [0.15, 0.2) is 0 Å². The summed E-state index contributed by atoms with van der Waals surface area (Å²) in [6.07, 6.45) is 1.15. The largest absolute Gasteiger partial charge is 0.393 e. The predicted octanol–water partition coefficient (Wildman–Crippen LogP) is 2.24. The molecule has 0 aromatic rings. The standard InChI is InChI=1S/C15H32O6Si/c1-6-17-15(18-7-2)22(5,20-8-3)21-13(4)9-10-16-11-14-12-19-14/h13-15H,6-12H2,1-5H3. The highest BCUT2D eigenvalue weighted by Crippen LogP contribution is 2.20. The van der Waals surface area contributed by atoms with Crippen LogP contribution < -0.4 is 0 Å². The monoisotopic (exact) mass is 336 g/mol. The van der Waals surface area contributed by atoms with Gasteiger partial charge in [0.25, 0.3) is 0 Å². The number of hydrogen-bond acceptors (Lipinski definition) is 6. The maximum absolute atomic E-state index is 6.22. The van der Waals surface area contributed by atoms with E-state index in [-0.39, 0.29) is 6.10 Å². The molecule has 0 N–H and O–H groups in total. The van der Waals surface area contributed by atoms with Crippen LogP contribution in [0, 0.1) is 0 Å². The lowest BCUT2D eigenvalue weighted by atomic mass is 10.3. The van der Waals surface area contributed by atoms with Crippen molar-refractivity contribution in [3.63, 3.8) is 0 Å². The van der Waals surface area contributed by atoms with E-state index in [0.717, 1.165) is 13.0 Å². The molecule has 132 valence electrons. The van der Waals surface area contributed by atoms with Gasteiger partial charge in [-0.05, 0) is 40.7 Å². The fourth-order valence-electron chi connectivity index (χ4n) is 2.18. The smallest absolute Gasteiger partial charge is 0.392 e. The first-order chi connectivity index (χ1) is 10.6. The average Bonchev–Trinajstić information content (AvgIpc) is 3.28. The molecule has 1 fully saturated rings. The van der Waals surface area contributed by atoms with E-state index in [0.29, 0.717) is 39.1 Å². The Hall–Kier alpha value is -0.0231. The SMILES string of the molecule is CCOC(OCC)[Si](C)(OCC)OC(C)CCOCC1CO1. The van der Waals surface area contributed by atoms with Crippen molar-refractivity contribution in [1.29, 1.82) is 0 Å². The quantitative estimate of drug-likeness (QED) is 0.210. The van der Waals surface area contributed by atoms with Crippen molar-refractivity contribution in [2.75, 3.05) is 39.6 Å². The van der Waals surface area contributed by atoms with Crippen LogP contribution in [-0.2, 0) is 27.8 Å². The molecule has 0 amide bonds. The van der Waals surface area contributed by atoms with Crippen molar-refractivity contribution >= 4 is 8.56 Å². The zero-order chi connectivity index (χ0) is 16.4. The lowest BCUT2D eigenvalue weighted by molar-refractivity contribution is -0.117. The molecule has 3 unspecified atom stereocenters. The van der Waals surface area contributed by atoms with Crippen LogP contribution in [0.1, 0.15) is 34.1 Å².